The summed E-state index contributed by atoms with van der Waals surface area (Å²) in [5.41, 5.74) is 0.503. The van der Waals surface area contributed by atoms with Gasteiger partial charge in [-0.3, -0.25) is 9.59 Å². The van der Waals surface area contributed by atoms with Gasteiger partial charge in [-0.25, -0.2) is 0 Å². The van der Waals surface area contributed by atoms with Crippen LogP contribution in [0.4, 0.5) is 5.69 Å². The van der Waals surface area contributed by atoms with E-state index < -0.39 is 0 Å². The van der Waals surface area contributed by atoms with E-state index in [0.29, 0.717) is 22.2 Å². The van der Waals surface area contributed by atoms with Gasteiger partial charge in [0, 0.05) is 21.7 Å². The van der Waals surface area contributed by atoms with Crippen molar-refractivity contribution in [1.29, 1.82) is 0 Å². The number of carbonyl (C=O) groups is 1. The van der Waals surface area contributed by atoms with Gasteiger partial charge in [0.1, 0.15) is 5.75 Å². The number of aromatic amines is 1. The van der Waals surface area contributed by atoms with Crippen LogP contribution in [0.1, 0.15) is 0 Å². The number of nitrogens with one attached hydrogen (secondary N) is 2. The van der Waals surface area contributed by atoms with E-state index in [1.165, 1.54) is 0 Å². The van der Waals surface area contributed by atoms with E-state index in [4.69, 9.17) is 4.74 Å². The fourth-order valence-corrected chi connectivity index (χ4v) is 2.46. The van der Waals surface area contributed by atoms with Crippen LogP contribution in [0.15, 0.2) is 64.0 Å². The van der Waals surface area contributed by atoms with E-state index in [1.807, 2.05) is 12.1 Å². The minimum absolute atomic E-state index is 0.137. The van der Waals surface area contributed by atoms with Gasteiger partial charge >= 0.3 is 0 Å². The third kappa shape index (κ3) is 3.60. The van der Waals surface area contributed by atoms with E-state index >= 15 is 0 Å². The van der Waals surface area contributed by atoms with Crippen molar-refractivity contribution in [2.45, 2.75) is 0 Å². The first-order chi connectivity index (χ1) is 11.1. The number of amides is 1. The maximum absolute atomic E-state index is 12.0. The molecule has 0 radical (unpaired) electrons. The predicted octanol–water partition coefficient (Wildman–Crippen LogP) is 3.31. The number of aromatic nitrogens is 1. The summed E-state index contributed by atoms with van der Waals surface area (Å²) >= 11 is 3.34. The molecule has 0 spiro atoms. The van der Waals surface area contributed by atoms with E-state index in [2.05, 4.69) is 26.2 Å². The molecule has 116 valence electrons. The number of rotatable bonds is 4. The summed E-state index contributed by atoms with van der Waals surface area (Å²) in [7, 11) is 0. The molecular weight excluding hydrogens is 360 g/mol. The molecule has 3 aromatic rings. The van der Waals surface area contributed by atoms with Gasteiger partial charge in [0.15, 0.2) is 6.61 Å². The van der Waals surface area contributed by atoms with Crippen molar-refractivity contribution >= 4 is 38.3 Å². The van der Waals surface area contributed by atoms with Crippen molar-refractivity contribution < 1.29 is 9.53 Å². The molecule has 0 aliphatic carbocycles. The van der Waals surface area contributed by atoms with Gasteiger partial charge in [-0.15, -0.1) is 0 Å². The summed E-state index contributed by atoms with van der Waals surface area (Å²) in [4.78, 5) is 26.3. The minimum Gasteiger partial charge on any atom is -0.483 e. The summed E-state index contributed by atoms with van der Waals surface area (Å²) in [5.74, 6) is 0.230. The molecule has 0 bridgehead atoms. The van der Waals surface area contributed by atoms with E-state index in [0.717, 1.165) is 4.47 Å². The molecule has 1 heterocycles. The molecule has 0 saturated carbocycles. The van der Waals surface area contributed by atoms with Crippen LogP contribution in [0.5, 0.6) is 5.75 Å². The maximum atomic E-state index is 12.0. The molecule has 0 unspecified atom stereocenters. The molecule has 2 N–H and O–H groups in total. The van der Waals surface area contributed by atoms with Gasteiger partial charge in [0.25, 0.3) is 11.5 Å². The summed E-state index contributed by atoms with van der Waals surface area (Å²) in [6, 6.07) is 14.2. The number of H-pyrrole nitrogens is 1. The van der Waals surface area contributed by atoms with Gasteiger partial charge < -0.3 is 15.0 Å². The van der Waals surface area contributed by atoms with Crippen LogP contribution in [0.3, 0.4) is 0 Å². The normalized spacial score (nSPS) is 10.5. The Labute approximate surface area is 140 Å². The molecule has 0 fully saturated rings. The number of halogens is 1. The van der Waals surface area contributed by atoms with E-state index in [9.17, 15) is 9.59 Å². The molecule has 5 nitrogen and oxygen atoms in total. The molecular formula is C17H13BrN2O3. The van der Waals surface area contributed by atoms with Crippen LogP contribution < -0.4 is 15.6 Å². The van der Waals surface area contributed by atoms with Crippen molar-refractivity contribution in [2.24, 2.45) is 0 Å². The fourth-order valence-electron chi connectivity index (χ4n) is 2.19. The molecule has 1 amide bonds. The van der Waals surface area contributed by atoms with Crippen molar-refractivity contribution in [3.8, 4) is 5.75 Å². The third-order valence-electron chi connectivity index (χ3n) is 3.26. The third-order valence-corrected chi connectivity index (χ3v) is 3.79. The van der Waals surface area contributed by atoms with Crippen LogP contribution in [0.25, 0.3) is 10.8 Å². The SMILES string of the molecule is O=C(COc1cccc2c(=O)[nH]ccc12)Nc1ccc(Br)cc1. The van der Waals surface area contributed by atoms with Gasteiger partial charge in [0.2, 0.25) is 0 Å². The Bertz CT molecular complexity index is 904. The monoisotopic (exact) mass is 372 g/mol. The largest absolute Gasteiger partial charge is 0.483 e. The second-order valence-corrected chi connectivity index (χ2v) is 5.78. The number of fused-ring (bicyclic) bond motifs is 1. The highest BCUT2D eigenvalue weighted by atomic mass is 79.9. The summed E-state index contributed by atoms with van der Waals surface area (Å²) < 4.78 is 6.50. The predicted molar refractivity (Wildman–Crippen MR) is 92.8 cm³/mol. The highest BCUT2D eigenvalue weighted by Crippen LogP contribution is 2.22. The number of anilines is 1. The first-order valence-electron chi connectivity index (χ1n) is 6.92. The quantitative estimate of drug-likeness (QED) is 0.737. The van der Waals surface area contributed by atoms with Crippen LogP contribution >= 0.6 is 15.9 Å². The van der Waals surface area contributed by atoms with Crippen molar-refractivity contribution in [3.05, 3.63) is 69.6 Å². The van der Waals surface area contributed by atoms with Gasteiger partial charge in [-0.2, -0.15) is 0 Å². The van der Waals surface area contributed by atoms with Crippen LogP contribution in [0.2, 0.25) is 0 Å². The lowest BCUT2D eigenvalue weighted by Gasteiger charge is -2.09. The van der Waals surface area contributed by atoms with Crippen LogP contribution in [0, 0.1) is 0 Å². The number of hydrogen-bond donors (Lipinski definition) is 2. The Morgan fingerprint density at radius 1 is 1.09 bits per heavy atom. The summed E-state index contributed by atoms with van der Waals surface area (Å²) in [6.45, 7) is -0.137. The first-order valence-corrected chi connectivity index (χ1v) is 7.71. The Kier molecular flexibility index (Phi) is 4.43. The zero-order chi connectivity index (χ0) is 16.2. The fraction of sp³-hybridized carbons (Fsp3) is 0.0588. The second kappa shape index (κ2) is 6.66. The molecule has 0 atom stereocenters. The molecule has 0 aliphatic rings. The standard InChI is InChI=1S/C17H13BrN2O3/c18-11-4-6-12(7-5-11)20-16(21)10-23-15-3-1-2-14-13(15)8-9-19-17(14)22/h1-9H,10H2,(H,19,22)(H,20,21). The summed E-state index contributed by atoms with van der Waals surface area (Å²) in [6.07, 6.45) is 1.55. The zero-order valence-electron chi connectivity index (χ0n) is 12.0. The van der Waals surface area contributed by atoms with Crippen LogP contribution in [-0.2, 0) is 4.79 Å². The lowest BCUT2D eigenvalue weighted by atomic mass is 10.1. The van der Waals surface area contributed by atoms with Crippen molar-refractivity contribution in [2.75, 3.05) is 11.9 Å². The zero-order valence-corrected chi connectivity index (χ0v) is 13.6. The number of pyridine rings is 1. The van der Waals surface area contributed by atoms with Gasteiger partial charge in [0.05, 0.1) is 5.39 Å². The van der Waals surface area contributed by atoms with E-state index in [-0.39, 0.29) is 18.1 Å². The van der Waals surface area contributed by atoms with E-state index in [1.54, 1.807) is 42.6 Å². The highest BCUT2D eigenvalue weighted by Gasteiger charge is 2.07. The Hall–Kier alpha value is -2.60. The first kappa shape index (κ1) is 15.3. The molecule has 2 aromatic carbocycles. The minimum atomic E-state index is -0.269. The molecule has 0 saturated heterocycles. The van der Waals surface area contributed by atoms with Crippen molar-refractivity contribution in [1.82, 2.24) is 4.98 Å². The Morgan fingerprint density at radius 2 is 1.87 bits per heavy atom. The number of benzene rings is 2. The molecule has 3 rings (SSSR count). The maximum Gasteiger partial charge on any atom is 0.262 e. The highest BCUT2D eigenvalue weighted by molar-refractivity contribution is 9.10. The number of ether oxygens (including phenoxy) is 1. The molecule has 1 aromatic heterocycles. The van der Waals surface area contributed by atoms with Crippen molar-refractivity contribution in [3.63, 3.8) is 0 Å². The Morgan fingerprint density at radius 3 is 2.65 bits per heavy atom. The average Bonchev–Trinajstić information content (AvgIpc) is 2.55. The smallest absolute Gasteiger partial charge is 0.262 e. The van der Waals surface area contributed by atoms with Gasteiger partial charge in [-0.05, 0) is 42.5 Å². The average molecular weight is 373 g/mol. The van der Waals surface area contributed by atoms with Crippen LogP contribution in [-0.4, -0.2) is 17.5 Å². The lowest BCUT2D eigenvalue weighted by molar-refractivity contribution is -0.118. The lowest BCUT2D eigenvalue weighted by Crippen LogP contribution is -2.20. The number of carbonyl (C=O) groups excluding carboxylic acids is 1. The number of hydrogen-bond acceptors (Lipinski definition) is 3. The molecule has 0 aliphatic heterocycles. The second-order valence-electron chi connectivity index (χ2n) is 4.87. The molecule has 6 heteroatoms. The molecule has 23 heavy (non-hydrogen) atoms. The van der Waals surface area contributed by atoms with Gasteiger partial charge in [-0.1, -0.05) is 22.0 Å². The summed E-state index contributed by atoms with van der Waals surface area (Å²) in [5, 5.41) is 3.95. The Balaban J connectivity index is 1.71. The topological polar surface area (TPSA) is 71.2 Å².